The molecular formula is C19H17N3O6. The summed E-state index contributed by atoms with van der Waals surface area (Å²) >= 11 is 0. The highest BCUT2D eigenvalue weighted by molar-refractivity contribution is 6.07. The molecule has 0 aliphatic heterocycles. The number of hydrogen-bond acceptors (Lipinski definition) is 7. The van der Waals surface area contributed by atoms with Gasteiger partial charge in [0.1, 0.15) is 5.76 Å². The molecule has 0 unspecified atom stereocenters. The molecule has 3 rings (SSSR count). The Labute approximate surface area is 159 Å². The SMILES string of the molecule is Cc1cc(NC(=O)[C@H](C)OC(=O)c2ccccc2NC(=O)c2ccco2)no1. The number of anilines is 2. The van der Waals surface area contributed by atoms with Crippen molar-refractivity contribution in [2.75, 3.05) is 10.6 Å². The monoisotopic (exact) mass is 383 g/mol. The number of hydrogen-bond donors (Lipinski definition) is 2. The van der Waals surface area contributed by atoms with Crippen LogP contribution in [0.2, 0.25) is 0 Å². The Kier molecular flexibility index (Phi) is 5.54. The van der Waals surface area contributed by atoms with Gasteiger partial charge in [0, 0.05) is 6.07 Å². The van der Waals surface area contributed by atoms with E-state index in [-0.39, 0.29) is 22.8 Å². The number of carbonyl (C=O) groups is 3. The van der Waals surface area contributed by atoms with Gasteiger partial charge in [0.15, 0.2) is 17.7 Å². The highest BCUT2D eigenvalue weighted by atomic mass is 16.5. The zero-order chi connectivity index (χ0) is 20.1. The Balaban J connectivity index is 1.66. The Morgan fingerprint density at radius 1 is 1.11 bits per heavy atom. The van der Waals surface area contributed by atoms with Crippen LogP contribution >= 0.6 is 0 Å². The zero-order valence-electron chi connectivity index (χ0n) is 15.1. The van der Waals surface area contributed by atoms with Gasteiger partial charge in [-0.1, -0.05) is 17.3 Å². The molecule has 1 aromatic carbocycles. The van der Waals surface area contributed by atoms with Crippen LogP contribution < -0.4 is 10.6 Å². The fraction of sp³-hybridized carbons (Fsp3) is 0.158. The molecule has 0 bridgehead atoms. The first-order valence-electron chi connectivity index (χ1n) is 8.33. The van der Waals surface area contributed by atoms with Crippen molar-refractivity contribution in [3.8, 4) is 0 Å². The van der Waals surface area contributed by atoms with E-state index in [4.69, 9.17) is 13.7 Å². The van der Waals surface area contributed by atoms with Crippen LogP contribution in [-0.4, -0.2) is 29.0 Å². The molecule has 2 amide bonds. The fourth-order valence-electron chi connectivity index (χ4n) is 2.29. The Morgan fingerprint density at radius 2 is 1.89 bits per heavy atom. The second-order valence-corrected chi connectivity index (χ2v) is 5.84. The van der Waals surface area contributed by atoms with Crippen molar-refractivity contribution in [2.24, 2.45) is 0 Å². The summed E-state index contributed by atoms with van der Waals surface area (Å²) in [6.07, 6.45) is 0.268. The molecule has 0 aliphatic carbocycles. The molecule has 2 aromatic heterocycles. The molecule has 0 saturated carbocycles. The third-order valence-corrected chi connectivity index (χ3v) is 3.67. The smallest absolute Gasteiger partial charge is 0.341 e. The van der Waals surface area contributed by atoms with Crippen molar-refractivity contribution >= 4 is 29.3 Å². The van der Waals surface area contributed by atoms with Crippen molar-refractivity contribution in [3.05, 3.63) is 65.8 Å². The molecule has 1 atom stereocenters. The molecule has 0 spiro atoms. The van der Waals surface area contributed by atoms with E-state index in [1.54, 1.807) is 31.2 Å². The quantitative estimate of drug-likeness (QED) is 0.627. The van der Waals surface area contributed by atoms with Crippen molar-refractivity contribution < 1.29 is 28.1 Å². The van der Waals surface area contributed by atoms with Crippen molar-refractivity contribution in [2.45, 2.75) is 20.0 Å². The number of carbonyl (C=O) groups excluding carboxylic acids is 3. The first kappa shape index (κ1) is 18.9. The number of nitrogens with one attached hydrogen (secondary N) is 2. The lowest BCUT2D eigenvalue weighted by molar-refractivity contribution is -0.123. The number of rotatable bonds is 6. The van der Waals surface area contributed by atoms with Crippen LogP contribution in [0.15, 0.2) is 57.7 Å². The van der Waals surface area contributed by atoms with Gasteiger partial charge in [-0.25, -0.2) is 4.79 Å². The number of ether oxygens (including phenoxy) is 1. The van der Waals surface area contributed by atoms with Gasteiger partial charge in [-0.2, -0.15) is 0 Å². The van der Waals surface area contributed by atoms with Crippen LogP contribution in [0, 0.1) is 6.92 Å². The summed E-state index contributed by atoms with van der Waals surface area (Å²) in [6, 6.07) is 10.9. The fourth-order valence-corrected chi connectivity index (χ4v) is 2.29. The topological polar surface area (TPSA) is 124 Å². The maximum Gasteiger partial charge on any atom is 0.341 e. The number of furan rings is 1. The molecular weight excluding hydrogens is 366 g/mol. The molecule has 28 heavy (non-hydrogen) atoms. The second kappa shape index (κ2) is 8.21. The Morgan fingerprint density at radius 3 is 2.57 bits per heavy atom. The maximum absolute atomic E-state index is 12.5. The van der Waals surface area contributed by atoms with Crippen LogP contribution in [0.25, 0.3) is 0 Å². The van der Waals surface area contributed by atoms with Gasteiger partial charge in [0.2, 0.25) is 0 Å². The molecule has 0 aliphatic rings. The zero-order valence-corrected chi connectivity index (χ0v) is 15.1. The van der Waals surface area contributed by atoms with Crippen LogP contribution in [0.3, 0.4) is 0 Å². The summed E-state index contributed by atoms with van der Waals surface area (Å²) < 4.78 is 15.1. The second-order valence-electron chi connectivity index (χ2n) is 5.84. The van der Waals surface area contributed by atoms with E-state index in [0.29, 0.717) is 5.76 Å². The van der Waals surface area contributed by atoms with Gasteiger partial charge in [0.05, 0.1) is 17.5 Å². The summed E-state index contributed by atoms with van der Waals surface area (Å²) in [5.74, 6) is -1.01. The van der Waals surface area contributed by atoms with E-state index in [9.17, 15) is 14.4 Å². The lowest BCUT2D eigenvalue weighted by Crippen LogP contribution is -2.30. The molecule has 3 aromatic rings. The normalized spacial score (nSPS) is 11.5. The van der Waals surface area contributed by atoms with E-state index >= 15 is 0 Å². The molecule has 0 saturated heterocycles. The number of aromatic nitrogens is 1. The van der Waals surface area contributed by atoms with Gasteiger partial charge < -0.3 is 24.3 Å². The number of benzene rings is 1. The number of aryl methyl sites for hydroxylation is 1. The minimum atomic E-state index is -1.10. The van der Waals surface area contributed by atoms with Crippen molar-refractivity contribution in [3.63, 3.8) is 0 Å². The maximum atomic E-state index is 12.5. The summed E-state index contributed by atoms with van der Waals surface area (Å²) in [7, 11) is 0. The van der Waals surface area contributed by atoms with Gasteiger partial charge >= 0.3 is 5.97 Å². The predicted octanol–water partition coefficient (Wildman–Crippen LogP) is 3.01. The molecule has 9 nitrogen and oxygen atoms in total. The van der Waals surface area contributed by atoms with Crippen LogP contribution in [0.1, 0.15) is 33.6 Å². The van der Waals surface area contributed by atoms with E-state index in [0.717, 1.165) is 0 Å². The molecule has 144 valence electrons. The summed E-state index contributed by atoms with van der Waals surface area (Å²) in [5.41, 5.74) is 0.327. The summed E-state index contributed by atoms with van der Waals surface area (Å²) in [6.45, 7) is 3.10. The van der Waals surface area contributed by atoms with Crippen molar-refractivity contribution in [1.29, 1.82) is 0 Å². The van der Waals surface area contributed by atoms with Gasteiger partial charge in [0.25, 0.3) is 11.8 Å². The Bertz CT molecular complexity index is 993. The largest absolute Gasteiger partial charge is 0.459 e. The highest BCUT2D eigenvalue weighted by Crippen LogP contribution is 2.18. The predicted molar refractivity (Wildman–Crippen MR) is 97.9 cm³/mol. The molecule has 2 heterocycles. The first-order valence-corrected chi connectivity index (χ1v) is 8.33. The standard InChI is InChI=1S/C19H17N3O6/c1-11-10-16(22-28-11)21-17(23)12(2)27-19(25)13-6-3-4-7-14(13)20-18(24)15-8-5-9-26-15/h3-10,12H,1-2H3,(H,20,24)(H,21,22,23)/t12-/m0/s1. The van der Waals surface area contributed by atoms with Gasteiger partial charge in [-0.15, -0.1) is 0 Å². The van der Waals surface area contributed by atoms with Crippen LogP contribution in [-0.2, 0) is 9.53 Å². The lowest BCUT2D eigenvalue weighted by Gasteiger charge is -2.14. The minimum absolute atomic E-state index is 0.0961. The van der Waals surface area contributed by atoms with Gasteiger partial charge in [-0.3, -0.25) is 9.59 Å². The van der Waals surface area contributed by atoms with E-state index in [2.05, 4.69) is 15.8 Å². The lowest BCUT2D eigenvalue weighted by atomic mass is 10.1. The molecule has 9 heteroatoms. The van der Waals surface area contributed by atoms with E-state index in [1.807, 2.05) is 0 Å². The number of nitrogens with zero attached hydrogens (tertiary/aromatic N) is 1. The first-order chi connectivity index (χ1) is 13.4. The molecule has 2 N–H and O–H groups in total. The molecule has 0 radical (unpaired) electrons. The van der Waals surface area contributed by atoms with Gasteiger partial charge in [-0.05, 0) is 38.1 Å². The summed E-state index contributed by atoms with van der Waals surface area (Å²) in [4.78, 5) is 36.8. The summed E-state index contributed by atoms with van der Waals surface area (Å²) in [5, 5.41) is 8.71. The Hall–Kier alpha value is -3.88. The molecule has 0 fully saturated rings. The average molecular weight is 383 g/mol. The number of esters is 1. The number of amides is 2. The third kappa shape index (κ3) is 4.44. The minimum Gasteiger partial charge on any atom is -0.459 e. The van der Waals surface area contributed by atoms with Crippen LogP contribution in [0.5, 0.6) is 0 Å². The van der Waals surface area contributed by atoms with E-state index in [1.165, 1.54) is 31.4 Å². The van der Waals surface area contributed by atoms with Crippen molar-refractivity contribution in [1.82, 2.24) is 5.16 Å². The number of para-hydroxylation sites is 1. The average Bonchev–Trinajstić information content (AvgIpc) is 3.34. The van der Waals surface area contributed by atoms with E-state index < -0.39 is 23.9 Å². The van der Waals surface area contributed by atoms with Crippen LogP contribution in [0.4, 0.5) is 11.5 Å². The third-order valence-electron chi connectivity index (χ3n) is 3.67. The highest BCUT2D eigenvalue weighted by Gasteiger charge is 2.22.